The van der Waals surface area contributed by atoms with Crippen LogP contribution in [0.2, 0.25) is 0 Å². The molecule has 1 aliphatic rings. The van der Waals surface area contributed by atoms with E-state index in [2.05, 4.69) is 36.1 Å². The predicted octanol–water partition coefficient (Wildman–Crippen LogP) is 3.15. The molecule has 0 aliphatic heterocycles. The summed E-state index contributed by atoms with van der Waals surface area (Å²) in [7, 11) is 0. The third kappa shape index (κ3) is 6.46. The number of carbonyl (C=O) groups excluding carboxylic acids is 2. The Morgan fingerprint density at radius 2 is 1.83 bits per heavy atom. The van der Waals surface area contributed by atoms with Crippen molar-refractivity contribution in [2.75, 3.05) is 10.6 Å². The van der Waals surface area contributed by atoms with Gasteiger partial charge in [-0.25, -0.2) is 9.78 Å². The van der Waals surface area contributed by atoms with E-state index in [1.807, 2.05) is 45.0 Å². The minimum Gasteiger partial charge on any atom is -0.444 e. The molecule has 12 heteroatoms. The maximum absolute atomic E-state index is 12.4. The predicted molar refractivity (Wildman–Crippen MR) is 134 cm³/mol. The Bertz CT molecular complexity index is 1210. The summed E-state index contributed by atoms with van der Waals surface area (Å²) in [6.45, 7) is 5.48. The van der Waals surface area contributed by atoms with Gasteiger partial charge in [0, 0.05) is 17.9 Å². The number of anilines is 3. The third-order valence-electron chi connectivity index (χ3n) is 5.60. The van der Waals surface area contributed by atoms with Crippen molar-refractivity contribution >= 4 is 29.5 Å². The summed E-state index contributed by atoms with van der Waals surface area (Å²) in [5.41, 5.74) is 6.54. The molecule has 2 atom stereocenters. The lowest BCUT2D eigenvalue weighted by atomic mass is 9.90. The summed E-state index contributed by atoms with van der Waals surface area (Å²) in [6, 6.07) is 7.08. The summed E-state index contributed by atoms with van der Waals surface area (Å²) >= 11 is 0. The zero-order chi connectivity index (χ0) is 25.7. The number of primary amides is 1. The van der Waals surface area contributed by atoms with Crippen molar-refractivity contribution in [1.29, 1.82) is 0 Å². The highest BCUT2D eigenvalue weighted by atomic mass is 16.6. The second-order valence-electron chi connectivity index (χ2n) is 9.60. The van der Waals surface area contributed by atoms with Gasteiger partial charge in [0.1, 0.15) is 17.0 Å². The Kier molecular flexibility index (Phi) is 7.32. The van der Waals surface area contributed by atoms with Crippen LogP contribution in [0.15, 0.2) is 42.9 Å². The summed E-state index contributed by atoms with van der Waals surface area (Å²) in [5, 5.41) is 17.7. The van der Waals surface area contributed by atoms with Crippen molar-refractivity contribution in [3.8, 4) is 5.69 Å². The summed E-state index contributed by atoms with van der Waals surface area (Å²) < 4.78 is 5.42. The van der Waals surface area contributed by atoms with E-state index >= 15 is 0 Å². The fourth-order valence-electron chi connectivity index (χ4n) is 4.02. The van der Waals surface area contributed by atoms with Crippen LogP contribution in [0, 0.1) is 0 Å². The standard InChI is InChI=1S/C24H31N9O3/c1-24(2,3)36-23(35)31-19-10-5-4-9-18(19)30-22-26-14-17(20(25)34)21(32-22)29-15-7-6-8-16(13-15)33-27-11-12-28-33/h6-8,11-14,18-19H,4-5,9-10H2,1-3H3,(H2,25,34)(H,31,35)(H2,26,29,30,32). The maximum atomic E-state index is 12.4. The van der Waals surface area contributed by atoms with E-state index in [0.717, 1.165) is 31.4 Å². The molecule has 2 amide bonds. The monoisotopic (exact) mass is 493 g/mol. The molecule has 0 spiro atoms. The molecule has 5 N–H and O–H groups in total. The topological polar surface area (TPSA) is 162 Å². The van der Waals surface area contributed by atoms with Gasteiger partial charge < -0.3 is 26.4 Å². The lowest BCUT2D eigenvalue weighted by Gasteiger charge is -2.33. The Morgan fingerprint density at radius 3 is 2.53 bits per heavy atom. The lowest BCUT2D eigenvalue weighted by Crippen LogP contribution is -2.50. The van der Waals surface area contributed by atoms with Gasteiger partial charge in [-0.15, -0.1) is 0 Å². The number of carbonyl (C=O) groups is 2. The van der Waals surface area contributed by atoms with Gasteiger partial charge >= 0.3 is 6.09 Å². The van der Waals surface area contributed by atoms with E-state index in [-0.39, 0.29) is 23.5 Å². The quantitative estimate of drug-likeness (QED) is 0.387. The molecule has 4 rings (SSSR count). The molecule has 1 saturated carbocycles. The molecule has 2 unspecified atom stereocenters. The van der Waals surface area contributed by atoms with Gasteiger partial charge in [0.15, 0.2) is 0 Å². The molecule has 2 heterocycles. The average molecular weight is 494 g/mol. The van der Waals surface area contributed by atoms with E-state index in [9.17, 15) is 9.59 Å². The zero-order valence-corrected chi connectivity index (χ0v) is 20.6. The Hall–Kier alpha value is -4.22. The van der Waals surface area contributed by atoms with E-state index in [1.165, 1.54) is 11.0 Å². The third-order valence-corrected chi connectivity index (χ3v) is 5.60. The summed E-state index contributed by atoms with van der Waals surface area (Å²) in [6.07, 6.45) is 7.72. The maximum Gasteiger partial charge on any atom is 0.407 e. The van der Waals surface area contributed by atoms with Crippen LogP contribution >= 0.6 is 0 Å². The fourth-order valence-corrected chi connectivity index (χ4v) is 4.02. The number of alkyl carbamates (subject to hydrolysis) is 1. The number of nitrogens with one attached hydrogen (secondary N) is 3. The first-order chi connectivity index (χ1) is 17.2. The highest BCUT2D eigenvalue weighted by Crippen LogP contribution is 2.25. The molecule has 12 nitrogen and oxygen atoms in total. The number of nitrogens with two attached hydrogens (primary N) is 1. The number of benzene rings is 1. The van der Waals surface area contributed by atoms with Gasteiger partial charge in [-0.3, -0.25) is 4.79 Å². The van der Waals surface area contributed by atoms with Crippen molar-refractivity contribution < 1.29 is 14.3 Å². The van der Waals surface area contributed by atoms with Crippen LogP contribution in [-0.4, -0.2) is 54.6 Å². The molecule has 3 aromatic rings. The minimum atomic E-state index is -0.656. The number of amides is 2. The smallest absolute Gasteiger partial charge is 0.407 e. The highest BCUT2D eigenvalue weighted by Gasteiger charge is 2.29. The number of hydrogen-bond acceptors (Lipinski definition) is 9. The van der Waals surface area contributed by atoms with E-state index in [1.54, 1.807) is 12.4 Å². The second kappa shape index (κ2) is 10.6. The first-order valence-corrected chi connectivity index (χ1v) is 11.8. The normalized spacial score (nSPS) is 17.8. The Morgan fingerprint density at radius 1 is 1.11 bits per heavy atom. The Balaban J connectivity index is 1.53. The largest absolute Gasteiger partial charge is 0.444 e. The van der Waals surface area contributed by atoms with Crippen LogP contribution < -0.4 is 21.7 Å². The van der Waals surface area contributed by atoms with E-state index in [4.69, 9.17) is 10.5 Å². The molecule has 0 bridgehead atoms. The van der Waals surface area contributed by atoms with Gasteiger partial charge in [-0.2, -0.15) is 20.0 Å². The van der Waals surface area contributed by atoms with Gasteiger partial charge in [0.05, 0.1) is 24.1 Å². The second-order valence-corrected chi connectivity index (χ2v) is 9.60. The van der Waals surface area contributed by atoms with Gasteiger partial charge in [-0.05, 0) is 51.8 Å². The minimum absolute atomic E-state index is 0.104. The first kappa shape index (κ1) is 24.9. The lowest BCUT2D eigenvalue weighted by molar-refractivity contribution is 0.0488. The van der Waals surface area contributed by atoms with Crippen molar-refractivity contribution in [1.82, 2.24) is 30.3 Å². The molecule has 36 heavy (non-hydrogen) atoms. The molecule has 1 aliphatic carbocycles. The number of ether oxygens (including phenoxy) is 1. The van der Waals surface area contributed by atoms with E-state index in [0.29, 0.717) is 11.6 Å². The number of rotatable bonds is 7. The molecule has 1 fully saturated rings. The van der Waals surface area contributed by atoms with Gasteiger partial charge in [0.25, 0.3) is 5.91 Å². The van der Waals surface area contributed by atoms with Crippen LogP contribution in [0.25, 0.3) is 5.69 Å². The molecule has 0 saturated heterocycles. The molecular weight excluding hydrogens is 462 g/mol. The fraction of sp³-hybridized carbons (Fsp3) is 0.417. The zero-order valence-electron chi connectivity index (χ0n) is 20.6. The van der Waals surface area contributed by atoms with Crippen molar-refractivity contribution in [3.63, 3.8) is 0 Å². The van der Waals surface area contributed by atoms with Crippen LogP contribution in [0.1, 0.15) is 56.8 Å². The molecular formula is C24H31N9O3. The van der Waals surface area contributed by atoms with E-state index < -0.39 is 17.6 Å². The Labute approximate surface area is 209 Å². The summed E-state index contributed by atoms with van der Waals surface area (Å²) in [4.78, 5) is 34.7. The molecule has 0 radical (unpaired) electrons. The van der Waals surface area contributed by atoms with Crippen LogP contribution in [0.4, 0.5) is 22.2 Å². The highest BCUT2D eigenvalue weighted by molar-refractivity contribution is 5.98. The number of hydrogen-bond donors (Lipinski definition) is 4. The average Bonchev–Trinajstić information content (AvgIpc) is 3.34. The molecule has 190 valence electrons. The van der Waals surface area contributed by atoms with Crippen molar-refractivity contribution in [2.24, 2.45) is 5.73 Å². The van der Waals surface area contributed by atoms with Gasteiger partial charge in [0.2, 0.25) is 5.95 Å². The number of aromatic nitrogens is 5. The SMILES string of the molecule is CC(C)(C)OC(=O)NC1CCCCC1Nc1ncc(C(N)=O)c(Nc2cccc(-n3nccn3)c2)n1. The van der Waals surface area contributed by atoms with Crippen LogP contribution in [-0.2, 0) is 4.74 Å². The van der Waals surface area contributed by atoms with Crippen LogP contribution in [0.5, 0.6) is 0 Å². The molecule has 1 aromatic carbocycles. The summed E-state index contributed by atoms with van der Waals surface area (Å²) in [5.74, 6) is -0.0793. The van der Waals surface area contributed by atoms with Crippen LogP contribution in [0.3, 0.4) is 0 Å². The van der Waals surface area contributed by atoms with Gasteiger partial charge in [-0.1, -0.05) is 18.9 Å². The number of nitrogens with zero attached hydrogens (tertiary/aromatic N) is 5. The molecule has 2 aromatic heterocycles. The van der Waals surface area contributed by atoms with Crippen molar-refractivity contribution in [2.45, 2.75) is 64.1 Å². The first-order valence-electron chi connectivity index (χ1n) is 11.8. The van der Waals surface area contributed by atoms with Crippen molar-refractivity contribution in [3.05, 3.63) is 48.4 Å².